The van der Waals surface area contributed by atoms with Gasteiger partial charge in [0.2, 0.25) is 5.91 Å². The molecule has 6 nitrogen and oxygen atoms in total. The van der Waals surface area contributed by atoms with Gasteiger partial charge in [-0.2, -0.15) is 0 Å². The Labute approximate surface area is 155 Å². The number of aliphatic hydroxyl groups excluding tert-OH is 1. The van der Waals surface area contributed by atoms with Crippen molar-refractivity contribution in [2.75, 3.05) is 20.2 Å². The summed E-state index contributed by atoms with van der Waals surface area (Å²) in [6.07, 6.45) is 2.49. The van der Waals surface area contributed by atoms with E-state index in [-0.39, 0.29) is 25.1 Å². The molecular weight excluding hydrogens is 334 g/mol. The van der Waals surface area contributed by atoms with Crippen molar-refractivity contribution in [2.24, 2.45) is 5.92 Å². The van der Waals surface area contributed by atoms with Gasteiger partial charge in [-0.05, 0) is 44.5 Å². The predicted molar refractivity (Wildman–Crippen MR) is 101 cm³/mol. The van der Waals surface area contributed by atoms with Crippen LogP contribution >= 0.6 is 0 Å². The monoisotopic (exact) mass is 363 g/mol. The van der Waals surface area contributed by atoms with Gasteiger partial charge in [0, 0.05) is 19.2 Å². The molecule has 0 aliphatic rings. The number of rotatable bonds is 9. The maximum absolute atomic E-state index is 12.5. The van der Waals surface area contributed by atoms with E-state index in [4.69, 9.17) is 9.47 Å². The van der Waals surface area contributed by atoms with Crippen LogP contribution in [0.2, 0.25) is 0 Å². The normalized spacial score (nSPS) is 13.5. The molecule has 0 saturated carbocycles. The van der Waals surface area contributed by atoms with Crippen molar-refractivity contribution in [3.63, 3.8) is 0 Å². The lowest BCUT2D eigenvalue weighted by molar-refractivity contribution is -0.146. The van der Waals surface area contributed by atoms with E-state index in [2.05, 4.69) is 0 Å². The molecule has 0 aliphatic heterocycles. The zero-order valence-corrected chi connectivity index (χ0v) is 16.1. The second kappa shape index (κ2) is 10.6. The van der Waals surface area contributed by atoms with E-state index < -0.39 is 18.0 Å². The maximum atomic E-state index is 12.5. The number of methoxy groups -OCH3 is 1. The van der Waals surface area contributed by atoms with Crippen LogP contribution in [-0.2, 0) is 14.3 Å². The van der Waals surface area contributed by atoms with Gasteiger partial charge in [-0.15, -0.1) is 0 Å². The van der Waals surface area contributed by atoms with Crippen LogP contribution in [0.4, 0.5) is 0 Å². The highest BCUT2D eigenvalue weighted by Gasteiger charge is 2.21. The van der Waals surface area contributed by atoms with Crippen LogP contribution in [-0.4, -0.2) is 54.3 Å². The van der Waals surface area contributed by atoms with E-state index in [0.717, 1.165) is 11.3 Å². The molecule has 0 fully saturated rings. The van der Waals surface area contributed by atoms with Gasteiger partial charge in [-0.3, -0.25) is 9.59 Å². The van der Waals surface area contributed by atoms with Crippen LogP contribution in [0.1, 0.15) is 33.3 Å². The Morgan fingerprint density at radius 2 is 1.88 bits per heavy atom. The number of carbonyl (C=O) groups is 2. The van der Waals surface area contributed by atoms with Gasteiger partial charge < -0.3 is 19.5 Å². The third kappa shape index (κ3) is 7.70. The van der Waals surface area contributed by atoms with E-state index in [1.54, 1.807) is 19.9 Å². The summed E-state index contributed by atoms with van der Waals surface area (Å²) in [5.74, 6) is -0.415. The lowest BCUT2D eigenvalue weighted by Gasteiger charge is -2.25. The first-order valence-electron chi connectivity index (χ1n) is 8.72. The molecule has 1 rings (SSSR count). The van der Waals surface area contributed by atoms with E-state index in [9.17, 15) is 14.7 Å². The number of esters is 1. The Hall–Kier alpha value is -2.34. The summed E-state index contributed by atoms with van der Waals surface area (Å²) in [6, 6.07) is 7.43. The predicted octanol–water partition coefficient (Wildman–Crippen LogP) is 2.51. The third-order valence-electron chi connectivity index (χ3n) is 3.54. The second-order valence-corrected chi connectivity index (χ2v) is 6.59. The van der Waals surface area contributed by atoms with Gasteiger partial charge in [0.15, 0.2) is 0 Å². The van der Waals surface area contributed by atoms with Crippen LogP contribution in [0.5, 0.6) is 5.75 Å². The molecule has 0 radical (unpaired) electrons. The van der Waals surface area contributed by atoms with E-state index in [1.807, 2.05) is 38.1 Å². The van der Waals surface area contributed by atoms with Crippen molar-refractivity contribution in [3.05, 3.63) is 35.9 Å². The van der Waals surface area contributed by atoms with Crippen molar-refractivity contribution >= 4 is 18.0 Å². The average Bonchev–Trinajstić information content (AvgIpc) is 2.57. The fourth-order valence-electron chi connectivity index (χ4n) is 2.42. The smallest absolute Gasteiger partial charge is 0.310 e. The van der Waals surface area contributed by atoms with Gasteiger partial charge in [0.05, 0.1) is 25.2 Å². The van der Waals surface area contributed by atoms with E-state index >= 15 is 0 Å². The first-order valence-corrected chi connectivity index (χ1v) is 8.72. The SMILES string of the molecule is COC(=O)C(C)CN(CC(C)O)C(=O)/C=C/c1cccc(OC(C)C)c1. The van der Waals surface area contributed by atoms with E-state index in [1.165, 1.54) is 18.1 Å². The Morgan fingerprint density at radius 1 is 1.19 bits per heavy atom. The molecule has 0 spiro atoms. The number of aliphatic hydroxyl groups is 1. The van der Waals surface area contributed by atoms with Crippen molar-refractivity contribution in [1.82, 2.24) is 4.90 Å². The highest BCUT2D eigenvalue weighted by Crippen LogP contribution is 2.16. The van der Waals surface area contributed by atoms with Crippen LogP contribution in [0, 0.1) is 5.92 Å². The summed E-state index contributed by atoms with van der Waals surface area (Å²) in [5, 5.41) is 9.64. The molecule has 1 amide bonds. The second-order valence-electron chi connectivity index (χ2n) is 6.59. The van der Waals surface area contributed by atoms with Gasteiger partial charge in [-0.1, -0.05) is 19.1 Å². The lowest BCUT2D eigenvalue weighted by atomic mass is 10.1. The van der Waals surface area contributed by atoms with E-state index in [0.29, 0.717) is 0 Å². The number of nitrogens with zero attached hydrogens (tertiary/aromatic N) is 1. The average molecular weight is 363 g/mol. The molecule has 26 heavy (non-hydrogen) atoms. The zero-order valence-electron chi connectivity index (χ0n) is 16.1. The van der Waals surface area contributed by atoms with Gasteiger partial charge >= 0.3 is 5.97 Å². The van der Waals surface area contributed by atoms with Crippen molar-refractivity contribution in [2.45, 2.75) is 39.9 Å². The third-order valence-corrected chi connectivity index (χ3v) is 3.54. The largest absolute Gasteiger partial charge is 0.491 e. The molecule has 1 N–H and O–H groups in total. The molecule has 0 bridgehead atoms. The standard InChI is InChI=1S/C20H29NO5/c1-14(2)26-18-8-6-7-17(11-18)9-10-19(23)21(13-16(4)22)12-15(3)20(24)25-5/h6-11,14-16,22H,12-13H2,1-5H3/b10-9+. The number of ether oxygens (including phenoxy) is 2. The maximum Gasteiger partial charge on any atom is 0.310 e. The summed E-state index contributed by atoms with van der Waals surface area (Å²) in [6.45, 7) is 7.49. The minimum atomic E-state index is -0.694. The highest BCUT2D eigenvalue weighted by atomic mass is 16.5. The number of carbonyl (C=O) groups excluding carboxylic acids is 2. The van der Waals surface area contributed by atoms with Gasteiger partial charge in [0.25, 0.3) is 0 Å². The molecule has 1 aromatic rings. The summed E-state index contributed by atoms with van der Waals surface area (Å²) < 4.78 is 10.3. The van der Waals surface area contributed by atoms with Crippen LogP contribution in [0.3, 0.4) is 0 Å². The number of hydrogen-bond donors (Lipinski definition) is 1. The molecule has 0 aliphatic carbocycles. The molecule has 0 saturated heterocycles. The Balaban J connectivity index is 2.84. The molecule has 1 aromatic carbocycles. The summed E-state index contributed by atoms with van der Waals surface area (Å²) in [7, 11) is 1.31. The fourth-order valence-corrected chi connectivity index (χ4v) is 2.42. The molecule has 0 aromatic heterocycles. The summed E-state index contributed by atoms with van der Waals surface area (Å²) >= 11 is 0. The van der Waals surface area contributed by atoms with Gasteiger partial charge in [0.1, 0.15) is 5.75 Å². The minimum absolute atomic E-state index is 0.0669. The van der Waals surface area contributed by atoms with Gasteiger partial charge in [-0.25, -0.2) is 0 Å². The molecule has 2 unspecified atom stereocenters. The molecule has 6 heteroatoms. The number of hydrogen-bond acceptors (Lipinski definition) is 5. The van der Waals surface area contributed by atoms with Crippen molar-refractivity contribution in [1.29, 1.82) is 0 Å². The Morgan fingerprint density at radius 3 is 2.46 bits per heavy atom. The first-order chi connectivity index (χ1) is 12.2. The number of benzene rings is 1. The minimum Gasteiger partial charge on any atom is -0.491 e. The summed E-state index contributed by atoms with van der Waals surface area (Å²) in [5.41, 5.74) is 0.828. The van der Waals surface area contributed by atoms with Crippen LogP contribution < -0.4 is 4.74 Å². The van der Waals surface area contributed by atoms with Crippen LogP contribution in [0.15, 0.2) is 30.3 Å². The molecule has 0 heterocycles. The number of amides is 1. The Bertz CT molecular complexity index is 624. The highest BCUT2D eigenvalue weighted by molar-refractivity contribution is 5.92. The van der Waals surface area contributed by atoms with Crippen LogP contribution in [0.25, 0.3) is 6.08 Å². The fraction of sp³-hybridized carbons (Fsp3) is 0.500. The zero-order chi connectivity index (χ0) is 19.7. The quantitative estimate of drug-likeness (QED) is 0.539. The molecule has 144 valence electrons. The topological polar surface area (TPSA) is 76.1 Å². The summed E-state index contributed by atoms with van der Waals surface area (Å²) in [4.78, 5) is 25.6. The Kier molecular flexibility index (Phi) is 8.85. The molecular formula is C20H29NO5. The lowest BCUT2D eigenvalue weighted by Crippen LogP contribution is -2.40. The first kappa shape index (κ1) is 21.7. The molecule has 2 atom stereocenters. The van der Waals surface area contributed by atoms with Crippen molar-refractivity contribution in [3.8, 4) is 5.75 Å². The van der Waals surface area contributed by atoms with Crippen molar-refractivity contribution < 1.29 is 24.2 Å².